The predicted molar refractivity (Wildman–Crippen MR) is 98.9 cm³/mol. The molecule has 6 nitrogen and oxygen atoms in total. The number of likely N-dealkylation sites (tertiary alicyclic amines) is 1. The van der Waals surface area contributed by atoms with Crippen molar-refractivity contribution >= 4 is 17.5 Å². The smallest absolute Gasteiger partial charge is 0.227 e. The van der Waals surface area contributed by atoms with E-state index in [0.717, 1.165) is 44.7 Å². The van der Waals surface area contributed by atoms with Gasteiger partial charge < -0.3 is 19.9 Å². The van der Waals surface area contributed by atoms with Gasteiger partial charge in [-0.05, 0) is 30.9 Å². The van der Waals surface area contributed by atoms with Gasteiger partial charge in [-0.3, -0.25) is 9.59 Å². The highest BCUT2D eigenvalue weighted by Gasteiger charge is 2.40. The monoisotopic (exact) mass is 357 g/mol. The van der Waals surface area contributed by atoms with Crippen molar-refractivity contribution in [2.24, 2.45) is 5.92 Å². The standard InChI is InChI=1S/C20H27N3O3/c24-18-13-20(26-11-8-21-18)6-9-22(10-7-20)14-16-12-19(25)23(15-16)17-4-2-1-3-5-17/h1-5,16H,6-15H2,(H,21,24). The number of carbonyl (C=O) groups excluding carboxylic acids is 2. The molecule has 0 saturated carbocycles. The van der Waals surface area contributed by atoms with Crippen molar-refractivity contribution in [2.75, 3.05) is 44.2 Å². The number of hydrogen-bond acceptors (Lipinski definition) is 4. The van der Waals surface area contributed by atoms with Crippen LogP contribution in [0.25, 0.3) is 0 Å². The van der Waals surface area contributed by atoms with E-state index in [0.29, 0.717) is 31.9 Å². The zero-order chi connectivity index (χ0) is 18.0. The highest BCUT2D eigenvalue weighted by Crippen LogP contribution is 2.32. The molecule has 140 valence electrons. The second kappa shape index (κ2) is 7.37. The number of anilines is 1. The number of hydrogen-bond donors (Lipinski definition) is 1. The Labute approximate surface area is 154 Å². The molecule has 1 atom stereocenters. The number of nitrogens with one attached hydrogen (secondary N) is 1. The molecule has 0 bridgehead atoms. The van der Waals surface area contributed by atoms with Crippen molar-refractivity contribution < 1.29 is 14.3 Å². The summed E-state index contributed by atoms with van der Waals surface area (Å²) in [7, 11) is 0. The van der Waals surface area contributed by atoms with Gasteiger partial charge in [-0.2, -0.15) is 0 Å². The van der Waals surface area contributed by atoms with Crippen LogP contribution in [0, 0.1) is 5.92 Å². The van der Waals surface area contributed by atoms with E-state index in [-0.39, 0.29) is 17.4 Å². The van der Waals surface area contributed by atoms with E-state index in [4.69, 9.17) is 4.74 Å². The van der Waals surface area contributed by atoms with Gasteiger partial charge in [-0.15, -0.1) is 0 Å². The maximum Gasteiger partial charge on any atom is 0.227 e. The number of amides is 2. The topological polar surface area (TPSA) is 61.9 Å². The van der Waals surface area contributed by atoms with Crippen molar-refractivity contribution in [3.05, 3.63) is 30.3 Å². The molecule has 1 aromatic carbocycles. The number of piperidine rings is 1. The summed E-state index contributed by atoms with van der Waals surface area (Å²) >= 11 is 0. The normalized spacial score (nSPS) is 26.8. The summed E-state index contributed by atoms with van der Waals surface area (Å²) in [6, 6.07) is 9.92. The van der Waals surface area contributed by atoms with Crippen molar-refractivity contribution in [1.29, 1.82) is 0 Å². The van der Waals surface area contributed by atoms with Crippen LogP contribution in [0.15, 0.2) is 30.3 Å². The second-order valence-electron chi connectivity index (χ2n) is 7.77. The molecule has 3 heterocycles. The molecule has 1 unspecified atom stereocenters. The molecule has 4 rings (SSSR count). The molecule has 3 saturated heterocycles. The number of ether oxygens (including phenoxy) is 1. The summed E-state index contributed by atoms with van der Waals surface area (Å²) in [4.78, 5) is 28.6. The van der Waals surface area contributed by atoms with Crippen LogP contribution in [0.1, 0.15) is 25.7 Å². The van der Waals surface area contributed by atoms with Crippen LogP contribution < -0.4 is 10.2 Å². The highest BCUT2D eigenvalue weighted by atomic mass is 16.5. The minimum Gasteiger partial charge on any atom is -0.373 e. The van der Waals surface area contributed by atoms with Gasteiger partial charge in [0.05, 0.1) is 18.6 Å². The Balaban J connectivity index is 1.31. The van der Waals surface area contributed by atoms with Crippen LogP contribution in [0.4, 0.5) is 5.69 Å². The van der Waals surface area contributed by atoms with Crippen LogP contribution in [-0.2, 0) is 14.3 Å². The Morgan fingerprint density at radius 2 is 1.92 bits per heavy atom. The average Bonchev–Trinajstić information content (AvgIpc) is 2.91. The Kier molecular flexibility index (Phi) is 4.96. The maximum atomic E-state index is 12.4. The molecule has 1 spiro atoms. The minimum absolute atomic E-state index is 0.107. The van der Waals surface area contributed by atoms with Crippen LogP contribution >= 0.6 is 0 Å². The van der Waals surface area contributed by atoms with Crippen LogP contribution in [0.2, 0.25) is 0 Å². The molecule has 1 N–H and O–H groups in total. The van der Waals surface area contributed by atoms with E-state index in [1.54, 1.807) is 0 Å². The third-order valence-electron chi connectivity index (χ3n) is 5.87. The first-order valence-electron chi connectivity index (χ1n) is 9.62. The summed E-state index contributed by atoms with van der Waals surface area (Å²) in [5, 5.41) is 2.89. The lowest BCUT2D eigenvalue weighted by Crippen LogP contribution is -2.48. The fraction of sp³-hybridized carbons (Fsp3) is 0.600. The number of carbonyl (C=O) groups is 2. The molecule has 0 radical (unpaired) electrons. The number of para-hydroxylation sites is 1. The Morgan fingerprint density at radius 3 is 2.69 bits per heavy atom. The van der Waals surface area contributed by atoms with Crippen LogP contribution in [-0.4, -0.2) is 61.6 Å². The van der Waals surface area contributed by atoms with Crippen molar-refractivity contribution in [2.45, 2.75) is 31.3 Å². The Bertz CT molecular complexity index is 656. The zero-order valence-electron chi connectivity index (χ0n) is 15.2. The highest BCUT2D eigenvalue weighted by molar-refractivity contribution is 5.95. The SMILES string of the molecule is O=C1CC2(CCN(CC3CC(=O)N(c4ccccc4)C3)CC2)OCCN1. The molecule has 6 heteroatoms. The Hall–Kier alpha value is -1.92. The van der Waals surface area contributed by atoms with Crippen molar-refractivity contribution in [3.63, 3.8) is 0 Å². The molecular weight excluding hydrogens is 330 g/mol. The molecule has 0 aromatic heterocycles. The summed E-state index contributed by atoms with van der Waals surface area (Å²) < 4.78 is 6.04. The van der Waals surface area contributed by atoms with Gasteiger partial charge in [-0.25, -0.2) is 0 Å². The lowest BCUT2D eigenvalue weighted by Gasteiger charge is -2.41. The molecule has 3 aliphatic heterocycles. The van der Waals surface area contributed by atoms with Crippen LogP contribution in [0.3, 0.4) is 0 Å². The van der Waals surface area contributed by atoms with E-state index in [9.17, 15) is 9.59 Å². The van der Waals surface area contributed by atoms with Crippen molar-refractivity contribution in [1.82, 2.24) is 10.2 Å². The quantitative estimate of drug-likeness (QED) is 0.889. The van der Waals surface area contributed by atoms with Gasteiger partial charge in [-0.1, -0.05) is 18.2 Å². The predicted octanol–water partition coefficient (Wildman–Crippen LogP) is 1.41. The molecule has 26 heavy (non-hydrogen) atoms. The number of rotatable bonds is 3. The zero-order valence-corrected chi connectivity index (χ0v) is 15.2. The summed E-state index contributed by atoms with van der Waals surface area (Å²) in [6.07, 6.45) is 2.88. The Morgan fingerprint density at radius 1 is 1.15 bits per heavy atom. The first-order valence-corrected chi connectivity index (χ1v) is 9.62. The van der Waals surface area contributed by atoms with Gasteiger partial charge in [0.1, 0.15) is 0 Å². The third kappa shape index (κ3) is 3.76. The lowest BCUT2D eigenvalue weighted by molar-refractivity contribution is -0.128. The van der Waals surface area contributed by atoms with Crippen LogP contribution in [0.5, 0.6) is 0 Å². The molecule has 3 aliphatic rings. The van der Waals surface area contributed by atoms with Gasteiger partial charge in [0, 0.05) is 44.8 Å². The largest absolute Gasteiger partial charge is 0.373 e. The fourth-order valence-electron chi connectivity index (χ4n) is 4.45. The van der Waals surface area contributed by atoms with E-state index in [1.165, 1.54) is 0 Å². The second-order valence-corrected chi connectivity index (χ2v) is 7.77. The van der Waals surface area contributed by atoms with E-state index in [1.807, 2.05) is 35.2 Å². The van der Waals surface area contributed by atoms with E-state index >= 15 is 0 Å². The first-order chi connectivity index (χ1) is 12.6. The molecule has 2 amide bonds. The van der Waals surface area contributed by atoms with Crippen molar-refractivity contribution in [3.8, 4) is 0 Å². The van der Waals surface area contributed by atoms with Gasteiger partial charge in [0.25, 0.3) is 0 Å². The molecule has 0 aliphatic carbocycles. The van der Waals surface area contributed by atoms with Gasteiger partial charge in [0.15, 0.2) is 0 Å². The number of nitrogens with zero attached hydrogens (tertiary/aromatic N) is 2. The van der Waals surface area contributed by atoms with E-state index in [2.05, 4.69) is 10.2 Å². The summed E-state index contributed by atoms with van der Waals surface area (Å²) in [5.74, 6) is 0.699. The summed E-state index contributed by atoms with van der Waals surface area (Å²) in [5.41, 5.74) is 0.717. The molecular formula is C20H27N3O3. The first kappa shape index (κ1) is 17.5. The van der Waals surface area contributed by atoms with Gasteiger partial charge >= 0.3 is 0 Å². The average molecular weight is 357 g/mol. The maximum absolute atomic E-state index is 12.4. The molecule has 3 fully saturated rings. The van der Waals surface area contributed by atoms with Gasteiger partial charge in [0.2, 0.25) is 11.8 Å². The number of benzene rings is 1. The third-order valence-corrected chi connectivity index (χ3v) is 5.87. The van der Waals surface area contributed by atoms with E-state index < -0.39 is 0 Å². The lowest BCUT2D eigenvalue weighted by atomic mass is 9.87. The minimum atomic E-state index is -0.279. The summed E-state index contributed by atoms with van der Waals surface area (Å²) in [6.45, 7) is 4.83. The fourth-order valence-corrected chi connectivity index (χ4v) is 4.45. The molecule has 1 aromatic rings.